The number of hydrogen-bond donors (Lipinski definition) is 0. The van der Waals surface area contributed by atoms with E-state index >= 15 is 0 Å². The van der Waals surface area contributed by atoms with E-state index in [4.69, 9.17) is 16.6 Å². The lowest BCUT2D eigenvalue weighted by Gasteiger charge is -2.12. The maximum absolute atomic E-state index is 6.47. The molecule has 2 heterocycles. The van der Waals surface area contributed by atoms with Gasteiger partial charge >= 0.3 is 0 Å². The number of imidazole rings is 1. The Labute approximate surface area is 116 Å². The van der Waals surface area contributed by atoms with E-state index in [1.807, 2.05) is 35.0 Å². The Morgan fingerprint density at radius 1 is 1.21 bits per heavy atom. The second-order valence-electron chi connectivity index (χ2n) is 4.46. The van der Waals surface area contributed by atoms with Crippen LogP contribution in [0.4, 0.5) is 0 Å². The molecule has 1 aromatic carbocycles. The zero-order chi connectivity index (χ0) is 13.2. The summed E-state index contributed by atoms with van der Waals surface area (Å²) in [4.78, 5) is 8.82. The lowest BCUT2D eigenvalue weighted by molar-refractivity contribution is 0.869. The summed E-state index contributed by atoms with van der Waals surface area (Å²) in [6.45, 7) is 2.13. The van der Waals surface area contributed by atoms with Gasteiger partial charge in [-0.2, -0.15) is 0 Å². The van der Waals surface area contributed by atoms with Crippen LogP contribution in [0.25, 0.3) is 16.6 Å². The Hall–Kier alpha value is -1.87. The monoisotopic (exact) mass is 271 g/mol. The van der Waals surface area contributed by atoms with Gasteiger partial charge in [0, 0.05) is 23.2 Å². The lowest BCUT2D eigenvalue weighted by Crippen LogP contribution is -2.01. The molecule has 0 aliphatic carbocycles. The Morgan fingerprint density at radius 2 is 2.00 bits per heavy atom. The van der Waals surface area contributed by atoms with Crippen LogP contribution in [0.3, 0.4) is 0 Å². The maximum Gasteiger partial charge on any atom is 0.146 e. The third kappa shape index (κ3) is 2.10. The summed E-state index contributed by atoms with van der Waals surface area (Å²) >= 11 is 6.47. The molecule has 0 saturated carbocycles. The van der Waals surface area contributed by atoms with E-state index in [1.54, 1.807) is 12.5 Å². The Bertz CT molecular complexity index is 705. The SMILES string of the molecule is CCCc1nc(-n2ccnc2)c2ccccc2c1Cl. The second-order valence-corrected chi connectivity index (χ2v) is 4.84. The summed E-state index contributed by atoms with van der Waals surface area (Å²) in [5, 5.41) is 2.86. The Kier molecular flexibility index (Phi) is 3.22. The van der Waals surface area contributed by atoms with Gasteiger partial charge in [0.15, 0.2) is 0 Å². The number of nitrogens with zero attached hydrogens (tertiary/aromatic N) is 3. The van der Waals surface area contributed by atoms with Gasteiger partial charge in [0.2, 0.25) is 0 Å². The molecule has 2 aromatic heterocycles. The second kappa shape index (κ2) is 5.02. The minimum Gasteiger partial charge on any atom is -0.290 e. The molecule has 3 nitrogen and oxygen atoms in total. The molecule has 0 spiro atoms. The molecule has 4 heteroatoms. The van der Waals surface area contributed by atoms with Crippen LogP contribution in [0.2, 0.25) is 5.02 Å². The number of fused-ring (bicyclic) bond motifs is 1. The third-order valence-corrected chi connectivity index (χ3v) is 3.56. The summed E-state index contributed by atoms with van der Waals surface area (Å²) in [6.07, 6.45) is 7.32. The van der Waals surface area contributed by atoms with Crippen molar-refractivity contribution >= 4 is 22.4 Å². The van der Waals surface area contributed by atoms with Crippen molar-refractivity contribution in [3.8, 4) is 5.82 Å². The predicted octanol–water partition coefficient (Wildman–Crippen LogP) is 4.03. The van der Waals surface area contributed by atoms with Gasteiger partial charge in [-0.05, 0) is 6.42 Å². The van der Waals surface area contributed by atoms with Crippen LogP contribution in [0.15, 0.2) is 43.0 Å². The minimum absolute atomic E-state index is 0.765. The van der Waals surface area contributed by atoms with Crippen LogP contribution in [0, 0.1) is 0 Å². The van der Waals surface area contributed by atoms with E-state index < -0.39 is 0 Å². The van der Waals surface area contributed by atoms with Gasteiger partial charge < -0.3 is 0 Å². The molecule has 0 radical (unpaired) electrons. The summed E-state index contributed by atoms with van der Waals surface area (Å²) in [5.74, 6) is 0.890. The smallest absolute Gasteiger partial charge is 0.146 e. The molecule has 0 fully saturated rings. The molecular formula is C15H14ClN3. The fourth-order valence-corrected chi connectivity index (χ4v) is 2.55. The fourth-order valence-electron chi connectivity index (χ4n) is 2.25. The quantitative estimate of drug-likeness (QED) is 0.720. The van der Waals surface area contributed by atoms with Crippen LogP contribution >= 0.6 is 11.6 Å². The van der Waals surface area contributed by atoms with Crippen molar-refractivity contribution in [2.24, 2.45) is 0 Å². The molecular weight excluding hydrogens is 258 g/mol. The zero-order valence-corrected chi connectivity index (χ0v) is 11.4. The number of hydrogen-bond acceptors (Lipinski definition) is 2. The normalized spacial score (nSPS) is 11.1. The highest BCUT2D eigenvalue weighted by Gasteiger charge is 2.12. The first kappa shape index (κ1) is 12.2. The van der Waals surface area contributed by atoms with Gasteiger partial charge in [0.05, 0.1) is 10.7 Å². The van der Waals surface area contributed by atoms with E-state index in [9.17, 15) is 0 Å². The number of halogens is 1. The molecule has 0 atom stereocenters. The van der Waals surface area contributed by atoms with Crippen LogP contribution in [0.5, 0.6) is 0 Å². The van der Waals surface area contributed by atoms with Crippen LogP contribution in [0.1, 0.15) is 19.0 Å². The van der Waals surface area contributed by atoms with Crippen molar-refractivity contribution in [1.82, 2.24) is 14.5 Å². The first-order valence-corrected chi connectivity index (χ1v) is 6.74. The first-order chi connectivity index (χ1) is 9.31. The average molecular weight is 272 g/mol. The number of rotatable bonds is 3. The highest BCUT2D eigenvalue weighted by atomic mass is 35.5. The van der Waals surface area contributed by atoms with Gasteiger partial charge in [-0.1, -0.05) is 49.2 Å². The largest absolute Gasteiger partial charge is 0.290 e. The van der Waals surface area contributed by atoms with E-state index in [0.717, 1.165) is 40.1 Å². The van der Waals surface area contributed by atoms with E-state index in [0.29, 0.717) is 0 Å². The molecule has 0 saturated heterocycles. The van der Waals surface area contributed by atoms with E-state index in [1.165, 1.54) is 0 Å². The maximum atomic E-state index is 6.47. The van der Waals surface area contributed by atoms with Gasteiger partial charge in [-0.3, -0.25) is 4.57 Å². The zero-order valence-electron chi connectivity index (χ0n) is 10.7. The van der Waals surface area contributed by atoms with E-state index in [-0.39, 0.29) is 0 Å². The number of aryl methyl sites for hydroxylation is 1. The summed E-state index contributed by atoms with van der Waals surface area (Å²) in [6, 6.07) is 8.08. The molecule has 19 heavy (non-hydrogen) atoms. The summed E-state index contributed by atoms with van der Waals surface area (Å²) in [7, 11) is 0. The third-order valence-electron chi connectivity index (χ3n) is 3.13. The van der Waals surface area contributed by atoms with Gasteiger partial charge in [0.1, 0.15) is 12.1 Å². The molecule has 0 unspecified atom stereocenters. The highest BCUT2D eigenvalue weighted by molar-refractivity contribution is 6.36. The minimum atomic E-state index is 0.765. The van der Waals surface area contributed by atoms with Crippen molar-refractivity contribution in [2.45, 2.75) is 19.8 Å². The molecule has 0 aliphatic heterocycles. The van der Waals surface area contributed by atoms with Crippen molar-refractivity contribution in [3.63, 3.8) is 0 Å². The summed E-state index contributed by atoms with van der Waals surface area (Å²) in [5.41, 5.74) is 0.951. The first-order valence-electron chi connectivity index (χ1n) is 6.36. The summed E-state index contributed by atoms with van der Waals surface area (Å²) < 4.78 is 1.93. The van der Waals surface area contributed by atoms with Crippen molar-refractivity contribution in [2.75, 3.05) is 0 Å². The Morgan fingerprint density at radius 3 is 2.68 bits per heavy atom. The highest BCUT2D eigenvalue weighted by Crippen LogP contribution is 2.30. The van der Waals surface area contributed by atoms with Gasteiger partial charge in [-0.25, -0.2) is 9.97 Å². The molecule has 3 aromatic rings. The van der Waals surface area contributed by atoms with Crippen LogP contribution < -0.4 is 0 Å². The molecule has 0 aliphatic rings. The number of aromatic nitrogens is 3. The van der Waals surface area contributed by atoms with Crippen molar-refractivity contribution < 1.29 is 0 Å². The van der Waals surface area contributed by atoms with Crippen LogP contribution in [-0.2, 0) is 6.42 Å². The van der Waals surface area contributed by atoms with Gasteiger partial charge in [0.25, 0.3) is 0 Å². The number of benzene rings is 1. The standard InChI is InChI=1S/C15H14ClN3/c1-2-5-13-14(16)11-6-3-4-7-12(11)15(18-13)19-9-8-17-10-19/h3-4,6-10H,2,5H2,1H3. The van der Waals surface area contributed by atoms with Gasteiger partial charge in [-0.15, -0.1) is 0 Å². The molecule has 0 bridgehead atoms. The van der Waals surface area contributed by atoms with Crippen molar-refractivity contribution in [3.05, 3.63) is 53.7 Å². The fraction of sp³-hybridized carbons (Fsp3) is 0.200. The predicted molar refractivity (Wildman–Crippen MR) is 77.9 cm³/mol. The average Bonchev–Trinajstić information content (AvgIpc) is 2.96. The number of pyridine rings is 1. The van der Waals surface area contributed by atoms with E-state index in [2.05, 4.69) is 11.9 Å². The molecule has 0 N–H and O–H groups in total. The topological polar surface area (TPSA) is 30.7 Å². The van der Waals surface area contributed by atoms with Crippen molar-refractivity contribution in [1.29, 1.82) is 0 Å². The Balaban J connectivity index is 2.34. The lowest BCUT2D eigenvalue weighted by atomic mass is 10.1. The van der Waals surface area contributed by atoms with Crippen LogP contribution in [-0.4, -0.2) is 14.5 Å². The molecule has 0 amide bonds. The molecule has 3 rings (SSSR count). The molecule has 96 valence electrons.